The zero-order valence-electron chi connectivity index (χ0n) is 14.0. The third kappa shape index (κ3) is 3.11. The highest BCUT2D eigenvalue weighted by Gasteiger charge is 2.30. The minimum Gasteiger partial charge on any atom is -0.444 e. The first-order valence-electron chi connectivity index (χ1n) is 7.91. The first kappa shape index (κ1) is 15.6. The molecule has 0 bridgehead atoms. The number of carbonyl (C=O) groups excluding carboxylic acids is 1. The largest absolute Gasteiger partial charge is 0.444 e. The van der Waals surface area contributed by atoms with Gasteiger partial charge in [-0.3, -0.25) is 4.57 Å². The number of likely N-dealkylation sites (tertiary alicyclic amines) is 1. The van der Waals surface area contributed by atoms with E-state index in [0.717, 1.165) is 23.0 Å². The van der Waals surface area contributed by atoms with Crippen LogP contribution < -0.4 is 5.69 Å². The van der Waals surface area contributed by atoms with Gasteiger partial charge in [0.1, 0.15) is 5.60 Å². The van der Waals surface area contributed by atoms with Gasteiger partial charge in [0.2, 0.25) is 0 Å². The van der Waals surface area contributed by atoms with Crippen molar-refractivity contribution in [1.29, 1.82) is 0 Å². The molecular weight excluding hydrogens is 294 g/mol. The zero-order valence-corrected chi connectivity index (χ0v) is 14.0. The van der Waals surface area contributed by atoms with Gasteiger partial charge in [-0.1, -0.05) is 6.07 Å². The number of fused-ring (bicyclic) bond motifs is 1. The Morgan fingerprint density at radius 2 is 2.09 bits per heavy atom. The van der Waals surface area contributed by atoms with Crippen molar-refractivity contribution in [3.8, 4) is 0 Å². The van der Waals surface area contributed by atoms with Crippen molar-refractivity contribution in [3.63, 3.8) is 0 Å². The van der Waals surface area contributed by atoms with Gasteiger partial charge in [0.05, 0.1) is 11.0 Å². The van der Waals surface area contributed by atoms with Crippen molar-refractivity contribution in [1.82, 2.24) is 14.5 Å². The van der Waals surface area contributed by atoms with E-state index in [0.29, 0.717) is 13.1 Å². The topological polar surface area (TPSA) is 67.3 Å². The number of benzene rings is 1. The van der Waals surface area contributed by atoms with E-state index in [1.165, 1.54) is 0 Å². The molecule has 124 valence electrons. The van der Waals surface area contributed by atoms with Crippen molar-refractivity contribution in [2.75, 3.05) is 13.1 Å². The number of aryl methyl sites for hydroxylation is 1. The molecule has 1 atom stereocenters. The monoisotopic (exact) mass is 317 g/mol. The van der Waals surface area contributed by atoms with Gasteiger partial charge in [-0.05, 0) is 44.9 Å². The lowest BCUT2D eigenvalue weighted by Crippen LogP contribution is -2.35. The summed E-state index contributed by atoms with van der Waals surface area (Å²) in [6.07, 6.45) is 0.651. The summed E-state index contributed by atoms with van der Waals surface area (Å²) in [7, 11) is 1.76. The molecule has 1 aliphatic rings. The number of aromatic nitrogens is 2. The molecule has 2 heterocycles. The highest BCUT2D eigenvalue weighted by molar-refractivity contribution is 5.76. The van der Waals surface area contributed by atoms with Crippen molar-refractivity contribution >= 4 is 17.1 Å². The fourth-order valence-corrected chi connectivity index (χ4v) is 3.02. The number of aromatic amines is 1. The van der Waals surface area contributed by atoms with Crippen LogP contribution in [-0.4, -0.2) is 39.2 Å². The normalized spacial score (nSPS) is 18.6. The van der Waals surface area contributed by atoms with E-state index in [2.05, 4.69) is 4.98 Å². The van der Waals surface area contributed by atoms with E-state index >= 15 is 0 Å². The zero-order chi connectivity index (χ0) is 16.8. The first-order valence-corrected chi connectivity index (χ1v) is 7.91. The minimum absolute atomic E-state index is 0.112. The second kappa shape index (κ2) is 5.44. The average molecular weight is 317 g/mol. The van der Waals surface area contributed by atoms with Crippen LogP contribution in [0.2, 0.25) is 0 Å². The number of nitrogens with one attached hydrogen (secondary N) is 1. The Labute approximate surface area is 135 Å². The van der Waals surface area contributed by atoms with E-state index < -0.39 is 5.60 Å². The van der Waals surface area contributed by atoms with E-state index in [1.807, 2.05) is 39.0 Å². The van der Waals surface area contributed by atoms with Crippen molar-refractivity contribution in [3.05, 3.63) is 34.2 Å². The van der Waals surface area contributed by atoms with Crippen LogP contribution in [0.1, 0.15) is 38.7 Å². The molecule has 1 aromatic heterocycles. The van der Waals surface area contributed by atoms with Crippen LogP contribution in [0.5, 0.6) is 0 Å². The number of nitrogens with zero attached hydrogens (tertiary/aromatic N) is 2. The molecule has 1 N–H and O–H groups in total. The van der Waals surface area contributed by atoms with Gasteiger partial charge in [0.25, 0.3) is 0 Å². The number of hydrogen-bond acceptors (Lipinski definition) is 3. The fourth-order valence-electron chi connectivity index (χ4n) is 3.02. The van der Waals surface area contributed by atoms with E-state index in [4.69, 9.17) is 4.74 Å². The molecule has 3 rings (SSSR count). The SMILES string of the molecule is Cn1c(=O)[nH]c2ccc([C@H]3CCN(C(=O)OC(C)(C)C)C3)cc21. The van der Waals surface area contributed by atoms with Crippen molar-refractivity contribution in [2.24, 2.45) is 7.05 Å². The lowest BCUT2D eigenvalue weighted by molar-refractivity contribution is 0.0292. The summed E-state index contributed by atoms with van der Waals surface area (Å²) >= 11 is 0. The molecule has 23 heavy (non-hydrogen) atoms. The molecule has 6 nitrogen and oxygen atoms in total. The Hall–Kier alpha value is -2.24. The smallest absolute Gasteiger partial charge is 0.410 e. The van der Waals surface area contributed by atoms with Gasteiger partial charge in [0.15, 0.2) is 0 Å². The molecule has 1 aromatic carbocycles. The summed E-state index contributed by atoms with van der Waals surface area (Å²) < 4.78 is 7.05. The van der Waals surface area contributed by atoms with E-state index in [-0.39, 0.29) is 17.7 Å². The molecule has 0 radical (unpaired) electrons. The van der Waals surface area contributed by atoms with Gasteiger partial charge >= 0.3 is 11.8 Å². The molecule has 2 aromatic rings. The molecule has 1 aliphatic heterocycles. The second-order valence-electron chi connectivity index (χ2n) is 7.18. The third-order valence-corrected chi connectivity index (χ3v) is 4.24. The molecule has 0 aliphatic carbocycles. The summed E-state index contributed by atoms with van der Waals surface area (Å²) in [5.74, 6) is 0.275. The van der Waals surface area contributed by atoms with Gasteiger partial charge in [-0.25, -0.2) is 9.59 Å². The first-order chi connectivity index (χ1) is 10.7. The second-order valence-corrected chi connectivity index (χ2v) is 7.18. The van der Waals surface area contributed by atoms with E-state index in [1.54, 1.807) is 16.5 Å². The molecule has 6 heteroatoms. The van der Waals surface area contributed by atoms with Gasteiger partial charge in [-0.2, -0.15) is 0 Å². The van der Waals surface area contributed by atoms with Crippen LogP contribution in [0.25, 0.3) is 11.0 Å². The summed E-state index contributed by atoms with van der Waals surface area (Å²) in [5, 5.41) is 0. The van der Waals surface area contributed by atoms with Crippen LogP contribution in [-0.2, 0) is 11.8 Å². The Balaban J connectivity index is 1.78. The number of H-pyrrole nitrogens is 1. The summed E-state index contributed by atoms with van der Waals surface area (Å²) in [6.45, 7) is 6.97. The van der Waals surface area contributed by atoms with Crippen LogP contribution in [0.15, 0.2) is 23.0 Å². The maximum atomic E-state index is 12.2. The molecule has 1 saturated heterocycles. The Morgan fingerprint density at radius 3 is 2.78 bits per heavy atom. The predicted molar refractivity (Wildman–Crippen MR) is 88.7 cm³/mol. The highest BCUT2D eigenvalue weighted by atomic mass is 16.6. The highest BCUT2D eigenvalue weighted by Crippen LogP contribution is 2.29. The molecule has 0 spiro atoms. The maximum absolute atomic E-state index is 12.2. The van der Waals surface area contributed by atoms with Crippen LogP contribution in [0.3, 0.4) is 0 Å². The number of hydrogen-bond donors (Lipinski definition) is 1. The lowest BCUT2D eigenvalue weighted by Gasteiger charge is -2.24. The standard InChI is InChI=1S/C17H23N3O3/c1-17(2,3)23-16(22)20-8-7-12(10-20)11-5-6-13-14(9-11)19(4)15(21)18-13/h5-6,9,12H,7-8,10H2,1-4H3,(H,18,21)/t12-/m0/s1. The van der Waals surface area contributed by atoms with Gasteiger partial charge < -0.3 is 14.6 Å². The Kier molecular flexibility index (Phi) is 3.70. The molecule has 0 unspecified atom stereocenters. The third-order valence-electron chi connectivity index (χ3n) is 4.24. The van der Waals surface area contributed by atoms with Crippen molar-refractivity contribution < 1.29 is 9.53 Å². The lowest BCUT2D eigenvalue weighted by atomic mass is 9.98. The minimum atomic E-state index is -0.475. The van der Waals surface area contributed by atoms with Gasteiger partial charge in [0, 0.05) is 26.1 Å². The molecule has 0 saturated carbocycles. The van der Waals surface area contributed by atoms with Crippen molar-refractivity contribution in [2.45, 2.75) is 38.7 Å². The molecule has 1 amide bonds. The number of ether oxygens (including phenoxy) is 1. The molecular formula is C17H23N3O3. The molecule has 1 fully saturated rings. The maximum Gasteiger partial charge on any atom is 0.410 e. The van der Waals surface area contributed by atoms with Crippen LogP contribution in [0, 0.1) is 0 Å². The Morgan fingerprint density at radius 1 is 1.35 bits per heavy atom. The number of rotatable bonds is 1. The summed E-state index contributed by atoms with van der Waals surface area (Å²) in [4.78, 5) is 28.4. The Bertz CT molecular complexity index is 797. The van der Waals surface area contributed by atoms with E-state index in [9.17, 15) is 9.59 Å². The fraction of sp³-hybridized carbons (Fsp3) is 0.529. The summed E-state index contributed by atoms with van der Waals surface area (Å²) in [5.41, 5.74) is 2.29. The van der Waals surface area contributed by atoms with Crippen LogP contribution in [0.4, 0.5) is 4.79 Å². The number of amides is 1. The number of imidazole rings is 1. The predicted octanol–water partition coefficient (Wildman–Crippen LogP) is 2.59. The number of carbonyl (C=O) groups is 1. The quantitative estimate of drug-likeness (QED) is 0.879. The van der Waals surface area contributed by atoms with Gasteiger partial charge in [-0.15, -0.1) is 0 Å². The van der Waals surface area contributed by atoms with Crippen LogP contribution >= 0.6 is 0 Å². The average Bonchev–Trinajstić information content (AvgIpc) is 3.04. The summed E-state index contributed by atoms with van der Waals surface area (Å²) in [6, 6.07) is 6.00.